The molecule has 0 aromatic carbocycles. The zero-order chi connectivity index (χ0) is 50.8. The highest BCUT2D eigenvalue weighted by atomic mass is 16.5. The zero-order valence-corrected chi connectivity index (χ0v) is 49.2. The Balaban J connectivity index is 1.74. The van der Waals surface area contributed by atoms with Crippen LogP contribution in [0.15, 0.2) is 0 Å². The van der Waals surface area contributed by atoms with E-state index in [1.807, 2.05) is 13.8 Å². The van der Waals surface area contributed by atoms with E-state index < -0.39 is 5.60 Å². The third kappa shape index (κ3) is 30.2. The normalized spacial score (nSPS) is 23.1. The highest BCUT2D eigenvalue weighted by Gasteiger charge is 2.39. The van der Waals surface area contributed by atoms with Gasteiger partial charge in [0.1, 0.15) is 5.60 Å². The Morgan fingerprint density at radius 1 is 0.371 bits per heavy atom. The van der Waals surface area contributed by atoms with Crippen molar-refractivity contribution >= 4 is 5.78 Å². The number of carbonyl (C=O) groups is 1. The van der Waals surface area contributed by atoms with Crippen molar-refractivity contribution in [3.8, 4) is 0 Å². The van der Waals surface area contributed by atoms with Gasteiger partial charge in [-0.2, -0.15) is 0 Å². The maximum absolute atomic E-state index is 13.4. The number of aliphatic hydroxyl groups is 1. The standard InChI is InChI=1S/C67H130O3/c1-8-13-17-21-27-37-48-63-59(44-34-19-15-10-3)53-52-58(12-5)62(63)47-40-30-31-41-51-66(69)67(6,7)70-57-43-33-24-23-26-36-46-61-55-54-60(45-35-20-16-11-4)64(49-38-28-22-18-14-9-2)65(61)50-39-29-25-32-42-56-68/h58-65,68H,8-57H2,1-7H3. The number of unbranched alkanes of at least 4 members (excludes halogenated alkanes) is 28. The summed E-state index contributed by atoms with van der Waals surface area (Å²) in [6, 6.07) is 0. The molecule has 0 bridgehead atoms. The monoisotopic (exact) mass is 983 g/mol. The third-order valence-corrected chi connectivity index (χ3v) is 19.0. The lowest BCUT2D eigenvalue weighted by Gasteiger charge is -2.44. The molecule has 0 radical (unpaired) electrons. The van der Waals surface area contributed by atoms with E-state index in [9.17, 15) is 9.90 Å². The molecule has 2 aliphatic rings. The van der Waals surface area contributed by atoms with Crippen LogP contribution in [-0.2, 0) is 9.53 Å². The number of hydrogen-bond acceptors (Lipinski definition) is 3. The van der Waals surface area contributed by atoms with Gasteiger partial charge in [-0.3, -0.25) is 4.79 Å². The molecular weight excluding hydrogens is 853 g/mol. The second-order valence-corrected chi connectivity index (χ2v) is 25.0. The number of hydrogen-bond donors (Lipinski definition) is 1. The van der Waals surface area contributed by atoms with Crippen molar-refractivity contribution in [1.82, 2.24) is 0 Å². The van der Waals surface area contributed by atoms with Crippen molar-refractivity contribution in [2.24, 2.45) is 47.3 Å². The molecule has 8 atom stereocenters. The molecule has 416 valence electrons. The molecule has 2 fully saturated rings. The van der Waals surface area contributed by atoms with Crippen LogP contribution in [0, 0.1) is 47.3 Å². The maximum atomic E-state index is 13.4. The minimum Gasteiger partial charge on any atom is -0.396 e. The fourth-order valence-corrected chi connectivity index (χ4v) is 14.4. The van der Waals surface area contributed by atoms with Crippen LogP contribution in [0.3, 0.4) is 0 Å². The van der Waals surface area contributed by atoms with Crippen LogP contribution < -0.4 is 0 Å². The molecule has 3 heteroatoms. The summed E-state index contributed by atoms with van der Waals surface area (Å²) >= 11 is 0. The van der Waals surface area contributed by atoms with Crippen molar-refractivity contribution in [2.75, 3.05) is 13.2 Å². The van der Waals surface area contributed by atoms with Crippen LogP contribution in [-0.4, -0.2) is 29.7 Å². The van der Waals surface area contributed by atoms with Crippen LogP contribution >= 0.6 is 0 Å². The summed E-state index contributed by atoms with van der Waals surface area (Å²) in [6.07, 6.45) is 65.7. The molecule has 0 amide bonds. The average Bonchev–Trinajstić information content (AvgIpc) is 3.36. The summed E-state index contributed by atoms with van der Waals surface area (Å²) in [6.45, 7) is 17.0. The molecular formula is C67H130O3. The van der Waals surface area contributed by atoms with E-state index in [4.69, 9.17) is 4.74 Å². The van der Waals surface area contributed by atoms with Crippen molar-refractivity contribution in [3.63, 3.8) is 0 Å². The first-order valence-corrected chi connectivity index (χ1v) is 33.1. The Hall–Kier alpha value is -0.410. The fraction of sp³-hybridized carbons (Fsp3) is 0.985. The van der Waals surface area contributed by atoms with Crippen LogP contribution in [0.1, 0.15) is 357 Å². The van der Waals surface area contributed by atoms with Gasteiger partial charge in [0.15, 0.2) is 5.78 Å². The number of ether oxygens (including phenoxy) is 1. The van der Waals surface area contributed by atoms with E-state index in [1.54, 1.807) is 0 Å². The average molecular weight is 984 g/mol. The molecule has 0 aromatic heterocycles. The molecule has 3 nitrogen and oxygen atoms in total. The molecule has 0 spiro atoms. The van der Waals surface area contributed by atoms with Crippen molar-refractivity contribution in [2.45, 2.75) is 362 Å². The predicted octanol–water partition coefficient (Wildman–Crippen LogP) is 22.1. The van der Waals surface area contributed by atoms with Gasteiger partial charge in [-0.1, -0.05) is 266 Å². The molecule has 2 saturated carbocycles. The van der Waals surface area contributed by atoms with Crippen molar-refractivity contribution in [3.05, 3.63) is 0 Å². The zero-order valence-electron chi connectivity index (χ0n) is 49.2. The van der Waals surface area contributed by atoms with Gasteiger partial charge < -0.3 is 9.84 Å². The second-order valence-electron chi connectivity index (χ2n) is 25.0. The number of aliphatic hydroxyl groups excluding tert-OH is 1. The molecule has 70 heavy (non-hydrogen) atoms. The van der Waals surface area contributed by atoms with Gasteiger partial charge in [0.05, 0.1) is 0 Å². The maximum Gasteiger partial charge on any atom is 0.164 e. The highest BCUT2D eigenvalue weighted by molar-refractivity contribution is 5.86. The first-order valence-electron chi connectivity index (χ1n) is 33.1. The van der Waals surface area contributed by atoms with Gasteiger partial charge >= 0.3 is 0 Å². The largest absolute Gasteiger partial charge is 0.396 e. The van der Waals surface area contributed by atoms with Gasteiger partial charge in [0, 0.05) is 19.6 Å². The number of carbonyl (C=O) groups excluding carboxylic acids is 1. The topological polar surface area (TPSA) is 46.5 Å². The van der Waals surface area contributed by atoms with Crippen molar-refractivity contribution in [1.29, 1.82) is 0 Å². The molecule has 0 aromatic rings. The number of rotatable bonds is 50. The molecule has 2 aliphatic carbocycles. The van der Waals surface area contributed by atoms with Gasteiger partial charge in [-0.25, -0.2) is 0 Å². The molecule has 0 aliphatic heterocycles. The minimum absolute atomic E-state index is 0.315. The Bertz CT molecular complexity index is 1130. The van der Waals surface area contributed by atoms with Crippen molar-refractivity contribution < 1.29 is 14.6 Å². The van der Waals surface area contributed by atoms with Gasteiger partial charge in [-0.05, 0) is 132 Å². The van der Waals surface area contributed by atoms with E-state index in [1.165, 1.54) is 283 Å². The second kappa shape index (κ2) is 44.8. The Morgan fingerprint density at radius 2 is 0.657 bits per heavy atom. The van der Waals surface area contributed by atoms with Gasteiger partial charge in [0.2, 0.25) is 0 Å². The van der Waals surface area contributed by atoms with Gasteiger partial charge in [-0.15, -0.1) is 0 Å². The fourth-order valence-electron chi connectivity index (χ4n) is 14.4. The Morgan fingerprint density at radius 3 is 1.03 bits per heavy atom. The SMILES string of the molecule is CCCCCCCCC1C(CCCCCC)CCC(CC)C1CCCCCCC(=O)C(C)(C)OCCCCCCCCC1CCC(CCCCCC)C(CCCCCCCC)C1CCCCCCCO. The third-order valence-electron chi connectivity index (χ3n) is 19.0. The lowest BCUT2D eigenvalue weighted by atomic mass is 9.61. The summed E-state index contributed by atoms with van der Waals surface area (Å²) < 4.78 is 6.32. The first-order chi connectivity index (χ1) is 34.3. The molecule has 2 rings (SSSR count). The van der Waals surface area contributed by atoms with Crippen LogP contribution in [0.5, 0.6) is 0 Å². The lowest BCUT2D eigenvalue weighted by Crippen LogP contribution is -2.35. The van der Waals surface area contributed by atoms with E-state index in [0.29, 0.717) is 18.8 Å². The van der Waals surface area contributed by atoms with Crippen LogP contribution in [0.2, 0.25) is 0 Å². The smallest absolute Gasteiger partial charge is 0.164 e. The molecule has 1 N–H and O–H groups in total. The van der Waals surface area contributed by atoms with Crippen LogP contribution in [0.25, 0.3) is 0 Å². The van der Waals surface area contributed by atoms with E-state index in [-0.39, 0.29) is 0 Å². The lowest BCUT2D eigenvalue weighted by molar-refractivity contribution is -0.140. The Labute approximate surface area is 441 Å². The summed E-state index contributed by atoms with van der Waals surface area (Å²) in [5.41, 5.74) is -0.649. The van der Waals surface area contributed by atoms with Gasteiger partial charge in [0.25, 0.3) is 0 Å². The molecule has 0 heterocycles. The van der Waals surface area contributed by atoms with E-state index in [2.05, 4.69) is 34.6 Å². The predicted molar refractivity (Wildman–Crippen MR) is 310 cm³/mol. The summed E-state index contributed by atoms with van der Waals surface area (Å²) in [5, 5.41) is 9.32. The first kappa shape index (κ1) is 65.7. The quantitative estimate of drug-likeness (QED) is 0.0618. The minimum atomic E-state index is -0.649. The summed E-state index contributed by atoms with van der Waals surface area (Å²) in [5.74, 6) is 7.98. The Kier molecular flexibility index (Phi) is 42.1. The van der Waals surface area contributed by atoms with E-state index in [0.717, 1.165) is 73.2 Å². The number of Topliss-reactive ketones (excluding diaryl/α,β-unsaturated/α-hetero) is 1. The molecule has 8 unspecified atom stereocenters. The van der Waals surface area contributed by atoms with Crippen LogP contribution in [0.4, 0.5) is 0 Å². The molecule has 0 saturated heterocycles. The highest BCUT2D eigenvalue weighted by Crippen LogP contribution is 2.49. The van der Waals surface area contributed by atoms with E-state index >= 15 is 0 Å². The summed E-state index contributed by atoms with van der Waals surface area (Å²) in [7, 11) is 0. The number of ketones is 1. The summed E-state index contributed by atoms with van der Waals surface area (Å²) in [4.78, 5) is 13.4.